The molecule has 1 heterocycles. The lowest BCUT2D eigenvalue weighted by atomic mass is 10.0. The fourth-order valence-electron chi connectivity index (χ4n) is 3.13. The largest absolute Gasteiger partial charge is 0.452 e. The van der Waals surface area contributed by atoms with Crippen molar-refractivity contribution in [3.05, 3.63) is 95.6 Å². The fraction of sp³-hybridized carbons (Fsp3) is 0.0417. The van der Waals surface area contributed by atoms with Crippen molar-refractivity contribution in [3.63, 3.8) is 0 Å². The quantitative estimate of drug-likeness (QED) is 0.254. The van der Waals surface area contributed by atoms with Crippen LogP contribution in [0.25, 0.3) is 22.2 Å². The molecule has 1 aromatic heterocycles. The zero-order valence-corrected chi connectivity index (χ0v) is 16.7. The van der Waals surface area contributed by atoms with E-state index in [0.717, 1.165) is 6.07 Å². The number of hydrogen-bond donors (Lipinski definition) is 1. The van der Waals surface area contributed by atoms with E-state index in [1.165, 1.54) is 30.3 Å². The number of benzene rings is 3. The number of anilines is 1. The fourth-order valence-corrected chi connectivity index (χ4v) is 3.13. The van der Waals surface area contributed by atoms with Gasteiger partial charge in [-0.2, -0.15) is 0 Å². The van der Waals surface area contributed by atoms with Gasteiger partial charge in [-0.15, -0.1) is 0 Å². The molecule has 0 aliphatic rings. The van der Waals surface area contributed by atoms with Crippen LogP contribution in [0.2, 0.25) is 0 Å². The third-order valence-corrected chi connectivity index (χ3v) is 4.72. The number of ether oxygens (including phenoxy) is 1. The number of carbonyl (C=O) groups is 2. The van der Waals surface area contributed by atoms with Crippen molar-refractivity contribution < 1.29 is 31.9 Å². The molecule has 0 spiro atoms. The van der Waals surface area contributed by atoms with E-state index in [2.05, 4.69) is 4.98 Å². The number of halogens is 4. The molecule has 0 aliphatic carbocycles. The van der Waals surface area contributed by atoms with Crippen molar-refractivity contribution in [2.24, 2.45) is 0 Å². The van der Waals surface area contributed by atoms with Crippen LogP contribution >= 0.6 is 0 Å². The first-order chi connectivity index (χ1) is 15.8. The number of nitrogens with one attached hydrogen (secondary N) is 1. The highest BCUT2D eigenvalue weighted by Crippen LogP contribution is 2.26. The van der Waals surface area contributed by atoms with Gasteiger partial charge in [0.15, 0.2) is 24.1 Å². The van der Waals surface area contributed by atoms with E-state index < -0.39 is 47.4 Å². The molecule has 1 N–H and O–H groups in total. The summed E-state index contributed by atoms with van der Waals surface area (Å²) in [4.78, 5) is 29.3. The van der Waals surface area contributed by atoms with Gasteiger partial charge < -0.3 is 10.1 Å². The summed E-state index contributed by atoms with van der Waals surface area (Å²) in [5.41, 5.74) is 0.922. The van der Waals surface area contributed by atoms with Crippen molar-refractivity contribution >= 4 is 28.5 Å². The van der Waals surface area contributed by atoms with Gasteiger partial charge in [0.05, 0.1) is 22.5 Å². The molecule has 5 nitrogen and oxygen atoms in total. The number of hydrogen-bond acceptors (Lipinski definition) is 4. The highest BCUT2D eigenvalue weighted by atomic mass is 19.2. The second-order valence-electron chi connectivity index (χ2n) is 6.93. The lowest BCUT2D eigenvalue weighted by Gasteiger charge is -2.11. The van der Waals surface area contributed by atoms with Crippen LogP contribution in [0.1, 0.15) is 10.4 Å². The summed E-state index contributed by atoms with van der Waals surface area (Å²) in [6.45, 7) is -0.806. The number of para-hydroxylation sites is 1. The van der Waals surface area contributed by atoms with Crippen molar-refractivity contribution in [3.8, 4) is 11.3 Å². The molecule has 0 bridgehead atoms. The average Bonchev–Trinajstić information content (AvgIpc) is 2.82. The average molecular weight is 454 g/mol. The second-order valence-corrected chi connectivity index (χ2v) is 6.93. The number of esters is 1. The Hall–Kier alpha value is -4.27. The molecule has 4 aromatic rings. The topological polar surface area (TPSA) is 68.3 Å². The smallest absolute Gasteiger partial charge is 0.339 e. The van der Waals surface area contributed by atoms with Crippen molar-refractivity contribution in [1.29, 1.82) is 0 Å². The number of nitrogens with zero attached hydrogens (tertiary/aromatic N) is 1. The molecule has 0 unspecified atom stereocenters. The van der Waals surface area contributed by atoms with E-state index in [4.69, 9.17) is 4.74 Å². The number of carbonyl (C=O) groups excluding carboxylic acids is 2. The third kappa shape index (κ3) is 4.67. The summed E-state index contributed by atoms with van der Waals surface area (Å²) >= 11 is 0. The molecule has 9 heteroatoms. The Balaban J connectivity index is 1.56. The van der Waals surface area contributed by atoms with Crippen molar-refractivity contribution in [2.45, 2.75) is 0 Å². The molecule has 1 amide bonds. The summed E-state index contributed by atoms with van der Waals surface area (Å²) < 4.78 is 58.4. The van der Waals surface area contributed by atoms with Crippen LogP contribution in [0.3, 0.4) is 0 Å². The Labute approximate surface area is 184 Å². The van der Waals surface area contributed by atoms with Crippen LogP contribution in [-0.2, 0) is 9.53 Å². The lowest BCUT2D eigenvalue weighted by molar-refractivity contribution is -0.119. The Morgan fingerprint density at radius 1 is 0.879 bits per heavy atom. The first-order valence-electron chi connectivity index (χ1n) is 9.59. The molecule has 0 fully saturated rings. The van der Waals surface area contributed by atoms with Gasteiger partial charge in [0, 0.05) is 10.9 Å². The van der Waals surface area contributed by atoms with Crippen LogP contribution in [-0.4, -0.2) is 23.5 Å². The maximum atomic E-state index is 13.7. The highest BCUT2D eigenvalue weighted by Gasteiger charge is 2.19. The Morgan fingerprint density at radius 2 is 1.61 bits per heavy atom. The summed E-state index contributed by atoms with van der Waals surface area (Å²) in [6.07, 6.45) is 0. The SMILES string of the molecule is O=C(COC(=O)c1cc(-c2ccc(F)cc2)nc2ccccc12)Nc1ccc(F)c(F)c1F. The van der Waals surface area contributed by atoms with E-state index in [0.29, 0.717) is 28.2 Å². The minimum Gasteiger partial charge on any atom is -0.452 e. The van der Waals surface area contributed by atoms with E-state index >= 15 is 0 Å². The first-order valence-corrected chi connectivity index (χ1v) is 9.59. The minimum absolute atomic E-state index is 0.103. The van der Waals surface area contributed by atoms with Gasteiger partial charge in [-0.3, -0.25) is 4.79 Å². The number of pyridine rings is 1. The standard InChI is InChI=1S/C24H14F4N2O3/c25-14-7-5-13(6-8-14)20-11-16(15-3-1-2-4-18(15)29-20)24(32)33-12-21(31)30-19-10-9-17(26)22(27)23(19)28/h1-11H,12H2,(H,30,31). The Kier molecular flexibility index (Phi) is 6.03. The van der Waals surface area contributed by atoms with Gasteiger partial charge in [0.25, 0.3) is 5.91 Å². The monoisotopic (exact) mass is 454 g/mol. The van der Waals surface area contributed by atoms with E-state index in [1.54, 1.807) is 24.3 Å². The van der Waals surface area contributed by atoms with Gasteiger partial charge in [-0.05, 0) is 48.5 Å². The second kappa shape index (κ2) is 9.07. The van der Waals surface area contributed by atoms with Crippen molar-refractivity contribution in [1.82, 2.24) is 4.98 Å². The Morgan fingerprint density at radius 3 is 2.36 bits per heavy atom. The lowest BCUT2D eigenvalue weighted by Crippen LogP contribution is -2.22. The van der Waals surface area contributed by atoms with E-state index in [9.17, 15) is 27.2 Å². The molecule has 0 radical (unpaired) electrons. The summed E-state index contributed by atoms with van der Waals surface area (Å²) in [6, 6.07) is 15.2. The van der Waals surface area contributed by atoms with E-state index in [-0.39, 0.29) is 5.56 Å². The van der Waals surface area contributed by atoms with Crippen LogP contribution in [0.5, 0.6) is 0 Å². The number of aromatic nitrogens is 1. The molecular formula is C24H14F4N2O3. The van der Waals surface area contributed by atoms with Gasteiger partial charge in [0.2, 0.25) is 0 Å². The molecular weight excluding hydrogens is 440 g/mol. The molecule has 4 rings (SSSR count). The molecule has 3 aromatic carbocycles. The Bertz CT molecular complexity index is 1370. The molecule has 33 heavy (non-hydrogen) atoms. The summed E-state index contributed by atoms with van der Waals surface area (Å²) in [7, 11) is 0. The van der Waals surface area contributed by atoms with Gasteiger partial charge in [0.1, 0.15) is 5.82 Å². The van der Waals surface area contributed by atoms with E-state index in [1.807, 2.05) is 5.32 Å². The summed E-state index contributed by atoms with van der Waals surface area (Å²) in [5, 5.41) is 2.48. The van der Waals surface area contributed by atoms with Crippen molar-refractivity contribution in [2.75, 3.05) is 11.9 Å². The van der Waals surface area contributed by atoms with Crippen LogP contribution in [0.4, 0.5) is 23.2 Å². The molecule has 166 valence electrons. The predicted molar refractivity (Wildman–Crippen MR) is 112 cm³/mol. The normalized spacial score (nSPS) is 10.8. The number of amides is 1. The maximum Gasteiger partial charge on any atom is 0.339 e. The molecule has 0 saturated carbocycles. The van der Waals surface area contributed by atoms with Gasteiger partial charge in [-0.1, -0.05) is 18.2 Å². The number of fused-ring (bicyclic) bond motifs is 1. The first kappa shape index (κ1) is 21.9. The van der Waals surface area contributed by atoms with Crippen LogP contribution in [0, 0.1) is 23.3 Å². The highest BCUT2D eigenvalue weighted by molar-refractivity contribution is 6.05. The van der Waals surface area contributed by atoms with Gasteiger partial charge in [-0.25, -0.2) is 27.3 Å². The maximum absolute atomic E-state index is 13.7. The van der Waals surface area contributed by atoms with Crippen LogP contribution in [0.15, 0.2) is 66.7 Å². The molecule has 0 saturated heterocycles. The summed E-state index contributed by atoms with van der Waals surface area (Å²) in [5.74, 6) is -6.95. The zero-order chi connectivity index (χ0) is 23.5. The van der Waals surface area contributed by atoms with Crippen LogP contribution < -0.4 is 5.32 Å². The predicted octanol–water partition coefficient (Wildman–Crippen LogP) is 5.25. The molecule has 0 aliphatic heterocycles. The number of rotatable bonds is 5. The minimum atomic E-state index is -1.73. The van der Waals surface area contributed by atoms with Gasteiger partial charge >= 0.3 is 5.97 Å². The zero-order valence-electron chi connectivity index (χ0n) is 16.7. The third-order valence-electron chi connectivity index (χ3n) is 4.72. The molecule has 0 atom stereocenters.